The maximum Gasteiger partial charge on any atom is 0.251 e. The van der Waals surface area contributed by atoms with Gasteiger partial charge < -0.3 is 5.32 Å². The number of halogens is 2. The van der Waals surface area contributed by atoms with Gasteiger partial charge in [0.05, 0.1) is 0 Å². The van der Waals surface area contributed by atoms with E-state index in [9.17, 15) is 4.79 Å². The number of carbonyl (C=O) groups is 1. The van der Waals surface area contributed by atoms with Gasteiger partial charge in [-0.05, 0) is 31.0 Å². The van der Waals surface area contributed by atoms with Crippen molar-refractivity contribution in [1.29, 1.82) is 0 Å². The lowest BCUT2D eigenvalue weighted by Crippen LogP contribution is -2.25. The first-order valence-electron chi connectivity index (χ1n) is 4.76. The van der Waals surface area contributed by atoms with Crippen LogP contribution in [0.4, 0.5) is 0 Å². The maximum absolute atomic E-state index is 11.7. The van der Waals surface area contributed by atoms with E-state index in [1.165, 1.54) is 0 Å². The van der Waals surface area contributed by atoms with Crippen LogP contribution >= 0.6 is 34.2 Å². The Hall–Kier alpha value is -0.290. The summed E-state index contributed by atoms with van der Waals surface area (Å²) in [5.41, 5.74) is 1.50. The number of benzene rings is 1. The standard InChI is InChI=1S/C11H13ClINO/c1-8-9(4-2-5-10(8)12)11(15)14-7-3-6-13/h2,4-5H,3,6-7H2,1H3,(H,14,15). The molecule has 1 amide bonds. The lowest BCUT2D eigenvalue weighted by atomic mass is 10.1. The number of alkyl halides is 1. The van der Waals surface area contributed by atoms with Gasteiger partial charge in [0.15, 0.2) is 0 Å². The molecule has 0 aliphatic carbocycles. The number of carbonyl (C=O) groups excluding carboxylic acids is 1. The van der Waals surface area contributed by atoms with Crippen LogP contribution in [-0.4, -0.2) is 16.9 Å². The van der Waals surface area contributed by atoms with Crippen molar-refractivity contribution < 1.29 is 4.79 Å². The third-order valence-corrected chi connectivity index (χ3v) is 3.28. The van der Waals surface area contributed by atoms with E-state index in [0.717, 1.165) is 16.4 Å². The molecule has 1 aromatic rings. The summed E-state index contributed by atoms with van der Waals surface area (Å²) in [5, 5.41) is 3.50. The van der Waals surface area contributed by atoms with Crippen molar-refractivity contribution in [3.05, 3.63) is 34.3 Å². The van der Waals surface area contributed by atoms with Crippen LogP contribution in [0.15, 0.2) is 18.2 Å². The van der Waals surface area contributed by atoms with Crippen molar-refractivity contribution >= 4 is 40.1 Å². The average molecular weight is 338 g/mol. The number of amides is 1. The molecular formula is C11H13ClINO. The highest BCUT2D eigenvalue weighted by Gasteiger charge is 2.09. The topological polar surface area (TPSA) is 29.1 Å². The number of nitrogens with one attached hydrogen (secondary N) is 1. The highest BCUT2D eigenvalue weighted by molar-refractivity contribution is 14.1. The number of rotatable bonds is 4. The van der Waals surface area contributed by atoms with Crippen molar-refractivity contribution in [3.8, 4) is 0 Å². The molecule has 0 heterocycles. The van der Waals surface area contributed by atoms with Crippen LogP contribution in [-0.2, 0) is 0 Å². The minimum absolute atomic E-state index is 0.0418. The molecule has 1 aromatic carbocycles. The van der Waals surface area contributed by atoms with Crippen LogP contribution in [0.3, 0.4) is 0 Å². The third-order valence-electron chi connectivity index (χ3n) is 2.11. The molecule has 2 nitrogen and oxygen atoms in total. The summed E-state index contributed by atoms with van der Waals surface area (Å²) in [7, 11) is 0. The Morgan fingerprint density at radius 3 is 2.93 bits per heavy atom. The molecule has 0 saturated heterocycles. The SMILES string of the molecule is Cc1c(Cl)cccc1C(=O)NCCCI. The predicted molar refractivity (Wildman–Crippen MR) is 72.0 cm³/mol. The van der Waals surface area contributed by atoms with Gasteiger partial charge in [0.25, 0.3) is 5.91 Å². The third kappa shape index (κ3) is 3.65. The first-order chi connectivity index (χ1) is 7.16. The minimum Gasteiger partial charge on any atom is -0.352 e. The molecule has 15 heavy (non-hydrogen) atoms. The smallest absolute Gasteiger partial charge is 0.251 e. The summed E-state index contributed by atoms with van der Waals surface area (Å²) in [6.45, 7) is 2.57. The van der Waals surface area contributed by atoms with Gasteiger partial charge in [0, 0.05) is 21.6 Å². The fourth-order valence-corrected chi connectivity index (χ4v) is 1.77. The molecule has 0 saturated carbocycles. The second kappa shape index (κ2) is 6.33. The molecule has 0 atom stereocenters. The maximum atomic E-state index is 11.7. The normalized spacial score (nSPS) is 10.1. The van der Waals surface area contributed by atoms with Crippen molar-refractivity contribution in [2.45, 2.75) is 13.3 Å². The van der Waals surface area contributed by atoms with Crippen LogP contribution < -0.4 is 5.32 Å². The van der Waals surface area contributed by atoms with Crippen molar-refractivity contribution in [3.63, 3.8) is 0 Å². The number of hydrogen-bond acceptors (Lipinski definition) is 1. The van der Waals surface area contributed by atoms with Crippen LogP contribution in [0.25, 0.3) is 0 Å². The Labute approximate surface area is 109 Å². The zero-order chi connectivity index (χ0) is 11.3. The molecule has 0 aliphatic heterocycles. The molecule has 1 N–H and O–H groups in total. The number of hydrogen-bond donors (Lipinski definition) is 1. The van der Waals surface area contributed by atoms with Gasteiger partial charge in [-0.25, -0.2) is 0 Å². The fourth-order valence-electron chi connectivity index (χ4n) is 1.22. The molecule has 0 spiro atoms. The van der Waals surface area contributed by atoms with Gasteiger partial charge in [0.2, 0.25) is 0 Å². The molecule has 0 aliphatic rings. The molecule has 82 valence electrons. The monoisotopic (exact) mass is 337 g/mol. The Bertz CT molecular complexity index is 354. The minimum atomic E-state index is -0.0418. The first kappa shape index (κ1) is 12.8. The van der Waals surface area contributed by atoms with Crippen molar-refractivity contribution in [2.24, 2.45) is 0 Å². The molecule has 0 aromatic heterocycles. The van der Waals surface area contributed by atoms with Gasteiger partial charge in [-0.2, -0.15) is 0 Å². The lowest BCUT2D eigenvalue weighted by molar-refractivity contribution is 0.0953. The van der Waals surface area contributed by atoms with E-state index in [1.54, 1.807) is 18.2 Å². The van der Waals surface area contributed by atoms with Crippen molar-refractivity contribution in [2.75, 3.05) is 11.0 Å². The van der Waals surface area contributed by atoms with Gasteiger partial charge in [-0.3, -0.25) is 4.79 Å². The Morgan fingerprint density at radius 1 is 1.53 bits per heavy atom. The first-order valence-corrected chi connectivity index (χ1v) is 6.66. The second-order valence-corrected chi connectivity index (χ2v) is 4.70. The largest absolute Gasteiger partial charge is 0.352 e. The molecule has 0 unspecified atom stereocenters. The molecule has 0 fully saturated rings. The summed E-state index contributed by atoms with van der Waals surface area (Å²) >= 11 is 8.23. The fraction of sp³-hybridized carbons (Fsp3) is 0.364. The molecule has 0 radical (unpaired) electrons. The van der Waals surface area contributed by atoms with E-state index in [0.29, 0.717) is 17.1 Å². The van der Waals surface area contributed by atoms with Crippen LogP contribution in [0.5, 0.6) is 0 Å². The average Bonchev–Trinajstić information content (AvgIpc) is 2.22. The quantitative estimate of drug-likeness (QED) is 0.510. The second-order valence-electron chi connectivity index (χ2n) is 3.21. The van der Waals surface area contributed by atoms with Crippen molar-refractivity contribution in [1.82, 2.24) is 5.32 Å². The van der Waals surface area contributed by atoms with Crippen LogP contribution in [0, 0.1) is 6.92 Å². The summed E-state index contributed by atoms with van der Waals surface area (Å²) in [6.07, 6.45) is 0.992. The van der Waals surface area contributed by atoms with Crippen LogP contribution in [0.1, 0.15) is 22.3 Å². The summed E-state index contributed by atoms with van der Waals surface area (Å²) in [6, 6.07) is 5.38. The Balaban J connectivity index is 2.69. The predicted octanol–water partition coefficient (Wildman–Crippen LogP) is 3.20. The summed E-state index contributed by atoms with van der Waals surface area (Å²) < 4.78 is 1.05. The molecule has 4 heteroatoms. The van der Waals surface area contributed by atoms with E-state index in [-0.39, 0.29) is 5.91 Å². The van der Waals surface area contributed by atoms with Gasteiger partial charge in [-0.1, -0.05) is 40.3 Å². The summed E-state index contributed by atoms with van der Waals surface area (Å²) in [4.78, 5) is 11.7. The van der Waals surface area contributed by atoms with E-state index < -0.39 is 0 Å². The zero-order valence-electron chi connectivity index (χ0n) is 8.52. The molecule has 0 bridgehead atoms. The van der Waals surface area contributed by atoms with Gasteiger partial charge in [0.1, 0.15) is 0 Å². The van der Waals surface area contributed by atoms with Crippen LogP contribution in [0.2, 0.25) is 5.02 Å². The van der Waals surface area contributed by atoms with E-state index >= 15 is 0 Å². The summed E-state index contributed by atoms with van der Waals surface area (Å²) in [5.74, 6) is -0.0418. The van der Waals surface area contributed by atoms with Gasteiger partial charge >= 0.3 is 0 Å². The Morgan fingerprint density at radius 2 is 2.27 bits per heavy atom. The van der Waals surface area contributed by atoms with E-state index in [1.807, 2.05) is 6.92 Å². The highest BCUT2D eigenvalue weighted by Crippen LogP contribution is 2.18. The van der Waals surface area contributed by atoms with Gasteiger partial charge in [-0.15, -0.1) is 0 Å². The highest BCUT2D eigenvalue weighted by atomic mass is 127. The zero-order valence-corrected chi connectivity index (χ0v) is 11.4. The molecule has 1 rings (SSSR count). The Kier molecular flexibility index (Phi) is 5.39. The molecular weight excluding hydrogens is 324 g/mol. The lowest BCUT2D eigenvalue weighted by Gasteiger charge is -2.07. The van der Waals surface area contributed by atoms with E-state index in [2.05, 4.69) is 27.9 Å². The van der Waals surface area contributed by atoms with E-state index in [4.69, 9.17) is 11.6 Å².